The maximum atomic E-state index is 13.2. The predicted molar refractivity (Wildman–Crippen MR) is 120 cm³/mol. The van der Waals surface area contributed by atoms with Crippen molar-refractivity contribution in [3.63, 3.8) is 0 Å². The van der Waals surface area contributed by atoms with Crippen LogP contribution >= 0.6 is 0 Å². The fourth-order valence-corrected chi connectivity index (χ4v) is 3.13. The largest absolute Gasteiger partial charge is 0.326 e. The monoisotopic (exact) mass is 396 g/mol. The molecule has 1 aromatic heterocycles. The van der Waals surface area contributed by atoms with E-state index < -0.39 is 0 Å². The number of aromatic amines is 1. The summed E-state index contributed by atoms with van der Waals surface area (Å²) in [6.45, 7) is 1.46. The lowest BCUT2D eigenvalue weighted by atomic mass is 10.1. The molecule has 4 rings (SSSR count). The molecule has 1 heterocycles. The molecule has 1 amide bonds. The fourth-order valence-electron chi connectivity index (χ4n) is 3.13. The summed E-state index contributed by atoms with van der Waals surface area (Å²) < 4.78 is 1.52. The fraction of sp³-hybridized carbons (Fsp3) is 0.0417. The van der Waals surface area contributed by atoms with Gasteiger partial charge in [0.1, 0.15) is 0 Å². The molecule has 0 atom stereocenters. The number of benzene rings is 3. The molecule has 0 radical (unpaired) electrons. The minimum atomic E-state index is -0.182. The van der Waals surface area contributed by atoms with Crippen molar-refractivity contribution in [1.82, 2.24) is 9.78 Å². The van der Waals surface area contributed by atoms with Gasteiger partial charge in [0.25, 0.3) is 5.56 Å². The van der Waals surface area contributed by atoms with Crippen LogP contribution in [0, 0.1) is 0 Å². The number of carbonyl (C=O) groups excluding carboxylic acids is 1. The lowest BCUT2D eigenvalue weighted by molar-refractivity contribution is -0.114. The number of rotatable bonds is 5. The van der Waals surface area contributed by atoms with Gasteiger partial charge in [0, 0.05) is 24.4 Å². The quantitative estimate of drug-likeness (QED) is 0.486. The zero-order valence-electron chi connectivity index (χ0n) is 16.4. The molecular formula is C24H20N4O2. The van der Waals surface area contributed by atoms with Gasteiger partial charge in [-0.05, 0) is 36.4 Å². The summed E-state index contributed by atoms with van der Waals surface area (Å²) in [6.07, 6.45) is 1.58. The van der Waals surface area contributed by atoms with E-state index in [0.717, 1.165) is 11.3 Å². The topological polar surface area (TPSA) is 79.2 Å². The number of hydrogen-bond donors (Lipinski definition) is 2. The van der Waals surface area contributed by atoms with Crippen molar-refractivity contribution in [2.24, 2.45) is 4.99 Å². The van der Waals surface area contributed by atoms with Crippen LogP contribution < -0.4 is 10.9 Å². The molecule has 0 aliphatic rings. The molecule has 6 nitrogen and oxygen atoms in total. The highest BCUT2D eigenvalue weighted by molar-refractivity contribution is 5.91. The maximum absolute atomic E-state index is 13.2. The Morgan fingerprint density at radius 1 is 0.933 bits per heavy atom. The molecular weight excluding hydrogens is 376 g/mol. The van der Waals surface area contributed by atoms with Crippen molar-refractivity contribution in [2.75, 3.05) is 5.32 Å². The van der Waals surface area contributed by atoms with E-state index >= 15 is 0 Å². The summed E-state index contributed by atoms with van der Waals surface area (Å²) in [7, 11) is 0. The Hall–Kier alpha value is -4.19. The number of aliphatic imine (C=N–C) groups is 1. The third-order valence-electron chi connectivity index (χ3n) is 4.53. The summed E-state index contributed by atoms with van der Waals surface area (Å²) in [5.41, 5.74) is 4.00. The summed E-state index contributed by atoms with van der Waals surface area (Å²) in [5, 5.41) is 5.93. The number of hydrogen-bond acceptors (Lipinski definition) is 3. The molecule has 0 bridgehead atoms. The molecule has 0 spiro atoms. The molecule has 0 unspecified atom stereocenters. The first-order valence-corrected chi connectivity index (χ1v) is 9.49. The van der Waals surface area contributed by atoms with E-state index in [9.17, 15) is 9.59 Å². The summed E-state index contributed by atoms with van der Waals surface area (Å²) >= 11 is 0. The van der Waals surface area contributed by atoms with Crippen LogP contribution in [0.4, 0.5) is 11.4 Å². The Balaban J connectivity index is 1.75. The third kappa shape index (κ3) is 4.12. The van der Waals surface area contributed by atoms with E-state index in [1.54, 1.807) is 30.5 Å². The first-order chi connectivity index (χ1) is 14.6. The van der Waals surface area contributed by atoms with Crippen LogP contribution in [0.1, 0.15) is 12.5 Å². The van der Waals surface area contributed by atoms with Gasteiger partial charge < -0.3 is 5.32 Å². The number of nitrogens with zero attached hydrogens (tertiary/aromatic N) is 2. The van der Waals surface area contributed by atoms with E-state index in [-0.39, 0.29) is 11.5 Å². The van der Waals surface area contributed by atoms with E-state index in [1.807, 2.05) is 60.7 Å². The highest BCUT2D eigenvalue weighted by atomic mass is 16.1. The van der Waals surface area contributed by atoms with Crippen LogP contribution in [0.25, 0.3) is 16.9 Å². The zero-order chi connectivity index (χ0) is 20.9. The van der Waals surface area contributed by atoms with Crippen LogP contribution in [0.2, 0.25) is 0 Å². The summed E-state index contributed by atoms with van der Waals surface area (Å²) in [4.78, 5) is 28.8. The van der Waals surface area contributed by atoms with Crippen LogP contribution in [0.15, 0.2) is 94.7 Å². The Kier molecular flexibility index (Phi) is 5.39. The molecule has 0 fully saturated rings. The highest BCUT2D eigenvalue weighted by Crippen LogP contribution is 2.21. The molecule has 0 saturated heterocycles. The molecule has 2 N–H and O–H groups in total. The number of anilines is 1. The smallest absolute Gasteiger partial charge is 0.280 e. The van der Waals surface area contributed by atoms with Gasteiger partial charge >= 0.3 is 0 Å². The van der Waals surface area contributed by atoms with Crippen molar-refractivity contribution < 1.29 is 4.79 Å². The average Bonchev–Trinajstić information content (AvgIpc) is 3.10. The number of carbonyl (C=O) groups is 1. The van der Waals surface area contributed by atoms with Gasteiger partial charge in [-0.1, -0.05) is 48.5 Å². The van der Waals surface area contributed by atoms with Crippen LogP contribution in [0.3, 0.4) is 0 Å². The normalized spacial score (nSPS) is 11.0. The summed E-state index contributed by atoms with van der Waals surface area (Å²) in [5.74, 6) is -0.132. The van der Waals surface area contributed by atoms with Gasteiger partial charge in [-0.15, -0.1) is 0 Å². The lowest BCUT2D eigenvalue weighted by Gasteiger charge is -2.02. The minimum absolute atomic E-state index is 0.132. The SMILES string of the molecule is CC(=O)Nc1ccc(N=Cc2c(-c3ccccc3)[nH]n(-c3ccccc3)c2=O)cc1. The zero-order valence-corrected chi connectivity index (χ0v) is 16.4. The van der Waals surface area contributed by atoms with E-state index in [1.165, 1.54) is 11.6 Å². The molecule has 0 aliphatic carbocycles. The number of aromatic nitrogens is 2. The van der Waals surface area contributed by atoms with Crippen LogP contribution in [-0.4, -0.2) is 21.9 Å². The molecule has 6 heteroatoms. The Morgan fingerprint density at radius 3 is 2.20 bits per heavy atom. The number of amides is 1. The summed E-state index contributed by atoms with van der Waals surface area (Å²) in [6, 6.07) is 26.2. The van der Waals surface area contributed by atoms with Crippen molar-refractivity contribution >= 4 is 23.5 Å². The van der Waals surface area contributed by atoms with Crippen molar-refractivity contribution in [1.29, 1.82) is 0 Å². The molecule has 4 aromatic rings. The van der Waals surface area contributed by atoms with Crippen LogP contribution in [0.5, 0.6) is 0 Å². The lowest BCUT2D eigenvalue weighted by Crippen LogP contribution is -2.17. The number of H-pyrrole nitrogens is 1. The van der Waals surface area contributed by atoms with E-state index in [4.69, 9.17) is 0 Å². The average molecular weight is 396 g/mol. The van der Waals surface area contributed by atoms with Gasteiger partial charge in [0.2, 0.25) is 5.91 Å². The second-order valence-electron chi connectivity index (χ2n) is 6.73. The molecule has 0 aliphatic heterocycles. The third-order valence-corrected chi connectivity index (χ3v) is 4.53. The highest BCUT2D eigenvalue weighted by Gasteiger charge is 2.15. The predicted octanol–water partition coefficient (Wildman–Crippen LogP) is 4.54. The van der Waals surface area contributed by atoms with Crippen molar-refractivity contribution in [3.05, 3.63) is 101 Å². The van der Waals surface area contributed by atoms with Crippen molar-refractivity contribution in [3.8, 4) is 16.9 Å². The Bertz CT molecular complexity index is 1240. The Morgan fingerprint density at radius 2 is 1.57 bits per heavy atom. The second-order valence-corrected chi connectivity index (χ2v) is 6.73. The Labute approximate surface area is 173 Å². The van der Waals surface area contributed by atoms with Gasteiger partial charge in [0.15, 0.2) is 0 Å². The van der Waals surface area contributed by atoms with Gasteiger partial charge in [0.05, 0.1) is 22.6 Å². The second kappa shape index (κ2) is 8.45. The number of para-hydroxylation sites is 1. The van der Waals surface area contributed by atoms with Crippen molar-refractivity contribution in [2.45, 2.75) is 6.92 Å². The standard InChI is InChI=1S/C24H20N4O2/c1-17(29)26-20-14-12-19(13-15-20)25-16-22-23(18-8-4-2-5-9-18)27-28(24(22)30)21-10-6-3-7-11-21/h2-16,27H,1H3,(H,26,29). The van der Waals surface area contributed by atoms with E-state index in [0.29, 0.717) is 22.6 Å². The molecule has 30 heavy (non-hydrogen) atoms. The van der Waals surface area contributed by atoms with Gasteiger partial charge in [-0.2, -0.15) is 0 Å². The van der Waals surface area contributed by atoms with E-state index in [2.05, 4.69) is 15.4 Å². The maximum Gasteiger partial charge on any atom is 0.280 e. The number of nitrogens with one attached hydrogen (secondary N) is 2. The molecule has 3 aromatic carbocycles. The van der Waals surface area contributed by atoms with Gasteiger partial charge in [-0.3, -0.25) is 19.7 Å². The van der Waals surface area contributed by atoms with Crippen LogP contribution in [-0.2, 0) is 4.79 Å². The minimum Gasteiger partial charge on any atom is -0.326 e. The first-order valence-electron chi connectivity index (χ1n) is 9.49. The first kappa shape index (κ1) is 19.1. The molecule has 0 saturated carbocycles. The molecule has 148 valence electrons. The van der Waals surface area contributed by atoms with Gasteiger partial charge in [-0.25, -0.2) is 4.68 Å².